The van der Waals surface area contributed by atoms with Crippen LogP contribution in [0.5, 0.6) is 0 Å². The predicted molar refractivity (Wildman–Crippen MR) is 41.9 cm³/mol. The van der Waals surface area contributed by atoms with E-state index < -0.39 is 0 Å². The molecule has 0 bridgehead atoms. The van der Waals surface area contributed by atoms with E-state index in [1.54, 1.807) is 6.20 Å². The molecule has 0 aromatic carbocycles. The molecule has 2 rings (SSSR count). The molecule has 55 valence electrons. The van der Waals surface area contributed by atoms with Gasteiger partial charge in [-0.05, 0) is 6.07 Å². The third-order valence-electron chi connectivity index (χ3n) is 1.66. The maximum atomic E-state index is 5.51. The Bertz CT molecular complexity index is 364. The van der Waals surface area contributed by atoms with Crippen molar-refractivity contribution in [3.63, 3.8) is 0 Å². The zero-order chi connectivity index (χ0) is 7.68. The zero-order valence-electron chi connectivity index (χ0n) is 5.99. The number of rotatable bonds is 1. The molecule has 2 aromatic heterocycles. The quantitative estimate of drug-likeness (QED) is 0.640. The molecule has 0 aliphatic heterocycles. The molecule has 0 spiro atoms. The summed E-state index contributed by atoms with van der Waals surface area (Å²) < 4.78 is 1.90. The fraction of sp³-hybridized carbons (Fsp3) is 0.125. The first-order chi connectivity index (χ1) is 5.42. The highest BCUT2D eigenvalue weighted by atomic mass is 15.0. The number of hydrogen-bond donors (Lipinski definition) is 1. The molecule has 2 aromatic rings. The number of hydrogen-bond acceptors (Lipinski definition) is 2. The van der Waals surface area contributed by atoms with Crippen LogP contribution in [0.4, 0.5) is 0 Å². The van der Waals surface area contributed by atoms with Crippen molar-refractivity contribution in [3.05, 3.63) is 36.3 Å². The fourth-order valence-electron chi connectivity index (χ4n) is 1.11. The molecule has 0 aliphatic rings. The van der Waals surface area contributed by atoms with E-state index in [1.807, 2.05) is 22.7 Å². The van der Waals surface area contributed by atoms with Gasteiger partial charge >= 0.3 is 0 Å². The van der Waals surface area contributed by atoms with Gasteiger partial charge in [0.05, 0.1) is 0 Å². The summed E-state index contributed by atoms with van der Waals surface area (Å²) in [6, 6.07) is 3.92. The number of nitrogens with zero attached hydrogens (tertiary/aromatic N) is 2. The van der Waals surface area contributed by atoms with Crippen LogP contribution in [-0.2, 0) is 6.54 Å². The molecule has 0 amide bonds. The van der Waals surface area contributed by atoms with Crippen LogP contribution in [-0.4, -0.2) is 9.38 Å². The number of aromatic nitrogens is 2. The first-order valence-electron chi connectivity index (χ1n) is 3.44. The molecule has 3 heteroatoms. The van der Waals surface area contributed by atoms with Crippen molar-refractivity contribution in [1.82, 2.24) is 9.38 Å². The standard InChI is InChI=1S/C8H8N3/c9-6-7-2-1-4-11-5-3-10-8(7)11/h1-2,4-5H,6,9H2. The summed E-state index contributed by atoms with van der Waals surface area (Å²) in [4.78, 5) is 4.05. The summed E-state index contributed by atoms with van der Waals surface area (Å²) in [5, 5.41) is 0. The summed E-state index contributed by atoms with van der Waals surface area (Å²) >= 11 is 0. The van der Waals surface area contributed by atoms with Crippen LogP contribution in [0, 0.1) is 6.20 Å². The van der Waals surface area contributed by atoms with Crippen LogP contribution >= 0.6 is 0 Å². The topological polar surface area (TPSA) is 43.3 Å². The zero-order valence-corrected chi connectivity index (χ0v) is 5.99. The van der Waals surface area contributed by atoms with E-state index in [9.17, 15) is 0 Å². The van der Waals surface area contributed by atoms with E-state index in [4.69, 9.17) is 5.73 Å². The normalized spacial score (nSPS) is 10.6. The van der Waals surface area contributed by atoms with Gasteiger partial charge in [0.1, 0.15) is 11.8 Å². The monoisotopic (exact) mass is 146 g/mol. The van der Waals surface area contributed by atoms with Crippen molar-refractivity contribution in [2.24, 2.45) is 5.73 Å². The molecule has 0 atom stereocenters. The molecule has 11 heavy (non-hydrogen) atoms. The van der Waals surface area contributed by atoms with Gasteiger partial charge in [-0.15, -0.1) is 0 Å². The van der Waals surface area contributed by atoms with Gasteiger partial charge in [0.15, 0.2) is 0 Å². The minimum atomic E-state index is 0.523. The van der Waals surface area contributed by atoms with Gasteiger partial charge in [-0.25, -0.2) is 4.98 Å². The van der Waals surface area contributed by atoms with Gasteiger partial charge in [0.25, 0.3) is 0 Å². The maximum absolute atomic E-state index is 5.51. The second-order valence-corrected chi connectivity index (χ2v) is 2.34. The number of nitrogens with two attached hydrogens (primary N) is 1. The average Bonchev–Trinajstić information content (AvgIpc) is 2.50. The van der Waals surface area contributed by atoms with Crippen LogP contribution in [0.15, 0.2) is 24.5 Å². The van der Waals surface area contributed by atoms with Crippen molar-refractivity contribution in [3.8, 4) is 0 Å². The summed E-state index contributed by atoms with van der Waals surface area (Å²) in [5.74, 6) is 0. The summed E-state index contributed by atoms with van der Waals surface area (Å²) in [6.45, 7) is 0.523. The van der Waals surface area contributed by atoms with Gasteiger partial charge in [0.2, 0.25) is 0 Å². The SMILES string of the molecule is NCc1cccn2c[c]nc12. The highest BCUT2D eigenvalue weighted by Gasteiger charge is 1.97. The largest absolute Gasteiger partial charge is 0.326 e. The van der Waals surface area contributed by atoms with Gasteiger partial charge in [-0.2, -0.15) is 0 Å². The van der Waals surface area contributed by atoms with Gasteiger partial charge < -0.3 is 10.1 Å². The Morgan fingerprint density at radius 2 is 2.55 bits per heavy atom. The fourth-order valence-corrected chi connectivity index (χ4v) is 1.11. The lowest BCUT2D eigenvalue weighted by atomic mass is 10.3. The highest BCUT2D eigenvalue weighted by Crippen LogP contribution is 2.06. The Balaban J connectivity index is 2.79. The molecular formula is C8H8N3. The van der Waals surface area contributed by atoms with Gasteiger partial charge in [-0.1, -0.05) is 6.07 Å². The third-order valence-corrected chi connectivity index (χ3v) is 1.66. The Morgan fingerprint density at radius 3 is 3.36 bits per heavy atom. The first kappa shape index (κ1) is 6.37. The third kappa shape index (κ3) is 0.897. The molecule has 0 saturated heterocycles. The lowest BCUT2D eigenvalue weighted by Crippen LogP contribution is -1.99. The average molecular weight is 146 g/mol. The van der Waals surface area contributed by atoms with E-state index in [1.165, 1.54) is 0 Å². The first-order valence-corrected chi connectivity index (χ1v) is 3.44. The molecule has 0 aliphatic carbocycles. The number of fused-ring (bicyclic) bond motifs is 1. The molecule has 3 nitrogen and oxygen atoms in total. The Labute approximate surface area is 64.5 Å². The number of pyridine rings is 1. The van der Waals surface area contributed by atoms with E-state index in [2.05, 4.69) is 11.2 Å². The number of imidazole rings is 1. The van der Waals surface area contributed by atoms with E-state index in [-0.39, 0.29) is 0 Å². The van der Waals surface area contributed by atoms with E-state index in [0.717, 1.165) is 11.2 Å². The highest BCUT2D eigenvalue weighted by molar-refractivity contribution is 5.46. The molecule has 0 unspecified atom stereocenters. The van der Waals surface area contributed by atoms with Crippen molar-refractivity contribution in [2.75, 3.05) is 0 Å². The maximum Gasteiger partial charge on any atom is 0.142 e. The van der Waals surface area contributed by atoms with Crippen molar-refractivity contribution >= 4 is 5.65 Å². The van der Waals surface area contributed by atoms with Gasteiger partial charge in [-0.3, -0.25) is 0 Å². The van der Waals surface area contributed by atoms with Crippen LogP contribution in [0.1, 0.15) is 5.56 Å². The van der Waals surface area contributed by atoms with Gasteiger partial charge in [0, 0.05) is 24.5 Å². The molecule has 2 heterocycles. The van der Waals surface area contributed by atoms with E-state index >= 15 is 0 Å². The molecule has 0 saturated carbocycles. The molecular weight excluding hydrogens is 138 g/mol. The Hall–Kier alpha value is -1.35. The van der Waals surface area contributed by atoms with Crippen LogP contribution in [0.3, 0.4) is 0 Å². The van der Waals surface area contributed by atoms with Crippen LogP contribution < -0.4 is 5.73 Å². The molecule has 2 N–H and O–H groups in total. The van der Waals surface area contributed by atoms with Crippen molar-refractivity contribution in [1.29, 1.82) is 0 Å². The molecule has 0 fully saturated rings. The minimum Gasteiger partial charge on any atom is -0.326 e. The second-order valence-electron chi connectivity index (χ2n) is 2.34. The Morgan fingerprint density at radius 1 is 1.64 bits per heavy atom. The minimum absolute atomic E-state index is 0.523. The van der Waals surface area contributed by atoms with E-state index in [0.29, 0.717) is 6.54 Å². The summed E-state index contributed by atoms with van der Waals surface area (Å²) in [7, 11) is 0. The summed E-state index contributed by atoms with van der Waals surface area (Å²) in [6.07, 6.45) is 6.48. The second kappa shape index (κ2) is 2.36. The molecule has 1 radical (unpaired) electrons. The predicted octanol–water partition coefficient (Wildman–Crippen LogP) is 0.593. The Kier molecular flexibility index (Phi) is 1.36. The van der Waals surface area contributed by atoms with Crippen LogP contribution in [0.2, 0.25) is 0 Å². The van der Waals surface area contributed by atoms with Crippen molar-refractivity contribution in [2.45, 2.75) is 6.54 Å². The van der Waals surface area contributed by atoms with Crippen LogP contribution in [0.25, 0.3) is 5.65 Å². The summed E-state index contributed by atoms with van der Waals surface area (Å²) in [5.41, 5.74) is 7.46. The van der Waals surface area contributed by atoms with Crippen molar-refractivity contribution < 1.29 is 0 Å². The smallest absolute Gasteiger partial charge is 0.142 e. The lowest BCUT2D eigenvalue weighted by molar-refractivity contribution is 1.04. The lowest BCUT2D eigenvalue weighted by Gasteiger charge is -1.97.